The van der Waals surface area contributed by atoms with Gasteiger partial charge in [0, 0.05) is 37.3 Å². The molecule has 0 aliphatic carbocycles. The first kappa shape index (κ1) is 39.0. The Morgan fingerprint density at radius 1 is 0.894 bits per heavy atom. The van der Waals surface area contributed by atoms with Crippen molar-refractivity contribution < 1.29 is 43.7 Å². The molecule has 258 valence electrons. The molecule has 0 aliphatic heterocycles. The van der Waals surface area contributed by atoms with Crippen LogP contribution >= 0.6 is 11.3 Å². The Kier molecular flexibility index (Phi) is 15.1. The number of ether oxygens (including phenoxy) is 1. The summed E-state index contributed by atoms with van der Waals surface area (Å²) in [6.45, 7) is 9.56. The Morgan fingerprint density at radius 3 is 2.11 bits per heavy atom. The molecule has 2 rings (SSSR count). The van der Waals surface area contributed by atoms with Crippen molar-refractivity contribution in [3.63, 3.8) is 0 Å². The second kappa shape index (κ2) is 18.2. The predicted octanol–water partition coefficient (Wildman–Crippen LogP) is 2.87. The van der Waals surface area contributed by atoms with E-state index < -0.39 is 58.9 Å². The van der Waals surface area contributed by atoms with Gasteiger partial charge in [0.15, 0.2) is 22.5 Å². The minimum atomic E-state index is -0.996. The molecule has 0 saturated heterocycles. The molecule has 0 radical (unpaired) electrons. The number of aromatic hydroxyl groups is 1. The van der Waals surface area contributed by atoms with Crippen LogP contribution in [0.1, 0.15) is 77.7 Å². The third-order valence-corrected chi connectivity index (χ3v) is 7.94. The molecule has 1 aromatic carbocycles. The summed E-state index contributed by atoms with van der Waals surface area (Å²) in [5.41, 5.74) is -0.0406. The van der Waals surface area contributed by atoms with Gasteiger partial charge >= 0.3 is 5.97 Å². The number of phenols is 1. The Bertz CT molecular complexity index is 1400. The second-order valence-electron chi connectivity index (χ2n) is 12.6. The summed E-state index contributed by atoms with van der Waals surface area (Å²) < 4.78 is 5.28. The van der Waals surface area contributed by atoms with Crippen LogP contribution in [0.3, 0.4) is 0 Å². The zero-order valence-electron chi connectivity index (χ0n) is 27.8. The van der Waals surface area contributed by atoms with Crippen molar-refractivity contribution in [1.82, 2.24) is 15.6 Å². The first-order valence-corrected chi connectivity index (χ1v) is 16.3. The van der Waals surface area contributed by atoms with E-state index in [1.165, 1.54) is 43.5 Å². The average Bonchev–Trinajstić information content (AvgIpc) is 3.46. The van der Waals surface area contributed by atoms with Crippen LogP contribution in [-0.2, 0) is 46.5 Å². The molecule has 47 heavy (non-hydrogen) atoms. The number of benzene rings is 1. The number of nitrogens with zero attached hydrogens (tertiary/aromatic N) is 1. The van der Waals surface area contributed by atoms with Crippen LogP contribution in [0.25, 0.3) is 0 Å². The van der Waals surface area contributed by atoms with Crippen molar-refractivity contribution in [3.8, 4) is 5.75 Å². The Hall–Kier alpha value is -4.17. The number of hydrogen-bond donors (Lipinski definition) is 5. The summed E-state index contributed by atoms with van der Waals surface area (Å²) in [6.07, 6.45) is 0.988. The first-order valence-electron chi connectivity index (χ1n) is 15.4. The van der Waals surface area contributed by atoms with E-state index in [-0.39, 0.29) is 56.8 Å². The van der Waals surface area contributed by atoms with Gasteiger partial charge in [-0.25, -0.2) is 4.98 Å². The Balaban J connectivity index is 1.91. The number of ketones is 3. The maximum atomic E-state index is 13.1. The van der Waals surface area contributed by atoms with Gasteiger partial charge in [0.25, 0.3) is 0 Å². The molecule has 1 aromatic heterocycles. The molecule has 0 bridgehead atoms. The number of nitrogens with one attached hydrogen (secondary N) is 3. The number of thiazole rings is 1. The number of esters is 1. The lowest BCUT2D eigenvalue weighted by atomic mass is 9.96. The quantitative estimate of drug-likeness (QED) is 0.137. The molecule has 13 nitrogen and oxygen atoms in total. The monoisotopic (exact) mass is 674 g/mol. The summed E-state index contributed by atoms with van der Waals surface area (Å²) in [7, 11) is 0. The molecule has 4 atom stereocenters. The minimum Gasteiger partial charge on any atom is -0.508 e. The van der Waals surface area contributed by atoms with Gasteiger partial charge in [0.2, 0.25) is 11.8 Å². The molecule has 1 heterocycles. The van der Waals surface area contributed by atoms with Gasteiger partial charge in [-0.3, -0.25) is 28.8 Å². The Morgan fingerprint density at radius 2 is 1.51 bits per heavy atom. The van der Waals surface area contributed by atoms with Crippen LogP contribution in [-0.4, -0.2) is 74.6 Å². The van der Waals surface area contributed by atoms with Crippen LogP contribution in [0, 0.1) is 11.8 Å². The van der Waals surface area contributed by atoms with Crippen molar-refractivity contribution >= 4 is 51.6 Å². The van der Waals surface area contributed by atoms with Crippen molar-refractivity contribution in [2.45, 2.75) is 97.9 Å². The van der Waals surface area contributed by atoms with Crippen LogP contribution in [0.5, 0.6) is 5.75 Å². The second-order valence-corrected chi connectivity index (χ2v) is 13.7. The van der Waals surface area contributed by atoms with Crippen LogP contribution in [0.2, 0.25) is 0 Å². The van der Waals surface area contributed by atoms with E-state index in [0.29, 0.717) is 15.6 Å². The van der Waals surface area contributed by atoms with Gasteiger partial charge < -0.3 is 30.9 Å². The molecule has 5 N–H and O–H groups in total. The number of amides is 2. The number of anilines is 1. The smallest absolute Gasteiger partial charge is 0.306 e. The van der Waals surface area contributed by atoms with Crippen molar-refractivity contribution in [3.05, 3.63) is 40.9 Å². The first-order chi connectivity index (χ1) is 22.0. The highest BCUT2D eigenvalue weighted by Crippen LogP contribution is 2.18. The lowest BCUT2D eigenvalue weighted by Gasteiger charge is -2.22. The third-order valence-electron chi connectivity index (χ3n) is 7.00. The van der Waals surface area contributed by atoms with Gasteiger partial charge in [0.1, 0.15) is 11.4 Å². The Labute approximate surface area is 278 Å². The number of phenolic OH excluding ortho intramolecular Hbond substituents is 1. The van der Waals surface area contributed by atoms with Crippen molar-refractivity contribution in [2.24, 2.45) is 11.8 Å². The van der Waals surface area contributed by atoms with E-state index in [0.717, 1.165) is 0 Å². The molecule has 0 aliphatic rings. The highest BCUT2D eigenvalue weighted by atomic mass is 32.1. The number of aliphatic hydroxyl groups excluding tert-OH is 1. The van der Waals surface area contributed by atoms with E-state index >= 15 is 0 Å². The molecule has 0 unspecified atom stereocenters. The number of carbonyl (C=O) groups excluding carboxylic acids is 6. The molecule has 0 spiro atoms. The van der Waals surface area contributed by atoms with Gasteiger partial charge in [-0.1, -0.05) is 37.3 Å². The average molecular weight is 675 g/mol. The molecule has 2 aromatic rings. The van der Waals surface area contributed by atoms with Gasteiger partial charge in [-0.2, -0.15) is 0 Å². The number of aromatic nitrogens is 1. The molecule has 2 amide bonds. The largest absolute Gasteiger partial charge is 0.508 e. The molecule has 0 fully saturated rings. The molecular weight excluding hydrogens is 628 g/mol. The van der Waals surface area contributed by atoms with Gasteiger partial charge in [0.05, 0.1) is 36.5 Å². The third kappa shape index (κ3) is 14.4. The van der Waals surface area contributed by atoms with E-state index in [1.807, 2.05) is 0 Å². The fraction of sp³-hybridized carbons (Fsp3) is 0.545. The number of carbonyl (C=O) groups is 6. The standard InChI is InChI=1S/C33H46N4O9S/c1-19(13-24(40)16-34-32-35-17-25(18-38)47-32)30(44)36-21(3)28(42)14-20(2)31(45)37-26(15-22-7-9-23(39)10-8-22)27(41)11-12-29(43)46-33(4,5)6/h7-10,17,19-21,26,38-39H,11-16,18H2,1-6H3,(H,34,35)(H,36,44)(H,37,45)/t19-,20-,21+,26+/m1/s1. The number of hydrogen-bond acceptors (Lipinski definition) is 12. The summed E-state index contributed by atoms with van der Waals surface area (Å²) in [4.78, 5) is 81.1. The number of rotatable bonds is 19. The van der Waals surface area contributed by atoms with Crippen LogP contribution in [0.4, 0.5) is 5.13 Å². The summed E-state index contributed by atoms with van der Waals surface area (Å²) in [5, 5.41) is 27.4. The molecular formula is C33H46N4O9S. The minimum absolute atomic E-state index is 0.0431. The SMILES string of the molecule is C[C@H](CC(=O)CNc1ncc(CO)s1)C(=O)N[C@@H](C)C(=O)C[C@@H](C)C(=O)N[C@@H](Cc1ccc(O)cc1)C(=O)CCC(=O)OC(C)(C)C. The zero-order chi connectivity index (χ0) is 35.3. The maximum absolute atomic E-state index is 13.1. The zero-order valence-corrected chi connectivity index (χ0v) is 28.6. The number of Topliss-reactive ketones (excluding diaryl/α,β-unsaturated/α-hetero) is 3. The van der Waals surface area contributed by atoms with E-state index in [4.69, 9.17) is 9.84 Å². The van der Waals surface area contributed by atoms with E-state index in [9.17, 15) is 33.9 Å². The molecule has 0 saturated carbocycles. The highest BCUT2D eigenvalue weighted by Gasteiger charge is 2.28. The van der Waals surface area contributed by atoms with Crippen LogP contribution in [0.15, 0.2) is 30.5 Å². The molecule has 14 heteroatoms. The van der Waals surface area contributed by atoms with Crippen molar-refractivity contribution in [1.29, 1.82) is 0 Å². The fourth-order valence-electron chi connectivity index (χ4n) is 4.37. The lowest BCUT2D eigenvalue weighted by molar-refractivity contribution is -0.155. The number of aliphatic hydroxyl groups is 1. The normalized spacial score (nSPS) is 13.9. The fourth-order valence-corrected chi connectivity index (χ4v) is 5.04. The van der Waals surface area contributed by atoms with Gasteiger partial charge in [-0.05, 0) is 51.8 Å². The summed E-state index contributed by atoms with van der Waals surface area (Å²) >= 11 is 1.22. The van der Waals surface area contributed by atoms with Gasteiger partial charge in [-0.15, -0.1) is 0 Å². The van der Waals surface area contributed by atoms with E-state index in [2.05, 4.69) is 20.9 Å². The summed E-state index contributed by atoms with van der Waals surface area (Å²) in [6, 6.07) is 4.23. The van der Waals surface area contributed by atoms with Crippen molar-refractivity contribution in [2.75, 3.05) is 11.9 Å². The maximum Gasteiger partial charge on any atom is 0.306 e. The topological polar surface area (TPSA) is 201 Å². The van der Waals surface area contributed by atoms with E-state index in [1.54, 1.807) is 39.8 Å². The highest BCUT2D eigenvalue weighted by molar-refractivity contribution is 7.15. The lowest BCUT2D eigenvalue weighted by Crippen LogP contribution is -2.46. The van der Waals surface area contributed by atoms with Crippen LogP contribution < -0.4 is 16.0 Å². The predicted molar refractivity (Wildman–Crippen MR) is 176 cm³/mol. The summed E-state index contributed by atoms with van der Waals surface area (Å²) in [5.74, 6) is -4.13.